The molecule has 1 atom stereocenters. The third-order valence-corrected chi connectivity index (χ3v) is 3.56. The van der Waals surface area contributed by atoms with E-state index in [0.717, 1.165) is 25.0 Å². The summed E-state index contributed by atoms with van der Waals surface area (Å²) in [6.45, 7) is 3.29. The van der Waals surface area contributed by atoms with Crippen molar-refractivity contribution in [1.82, 2.24) is 5.32 Å². The zero-order valence-electron chi connectivity index (χ0n) is 12.5. The second-order valence-corrected chi connectivity index (χ2v) is 5.38. The highest BCUT2D eigenvalue weighted by Gasteiger charge is 2.18. The molecule has 22 heavy (non-hydrogen) atoms. The van der Waals surface area contributed by atoms with Crippen molar-refractivity contribution in [2.75, 3.05) is 13.2 Å². The normalized spacial score (nSPS) is 17.4. The average molecular weight is 301 g/mol. The molecule has 5 heteroatoms. The highest BCUT2D eigenvalue weighted by atomic mass is 16.6. The van der Waals surface area contributed by atoms with Crippen LogP contribution in [-0.4, -0.2) is 25.2 Å². The van der Waals surface area contributed by atoms with Crippen molar-refractivity contribution in [1.29, 1.82) is 0 Å². The number of amides is 1. The van der Waals surface area contributed by atoms with Crippen LogP contribution in [0.15, 0.2) is 40.8 Å². The van der Waals surface area contributed by atoms with E-state index in [9.17, 15) is 4.79 Å². The van der Waals surface area contributed by atoms with Crippen LogP contribution in [0, 0.1) is 6.92 Å². The fraction of sp³-hybridized carbons (Fsp3) is 0.353. The van der Waals surface area contributed by atoms with Crippen LogP contribution in [0.1, 0.15) is 29.0 Å². The molecule has 5 nitrogen and oxygen atoms in total. The minimum absolute atomic E-state index is 0.113. The van der Waals surface area contributed by atoms with Crippen molar-refractivity contribution in [3.8, 4) is 11.7 Å². The molecular formula is C17H19NO4. The summed E-state index contributed by atoms with van der Waals surface area (Å²) in [4.78, 5) is 12.0. The molecule has 2 heterocycles. The van der Waals surface area contributed by atoms with Crippen molar-refractivity contribution >= 4 is 5.91 Å². The number of carbonyl (C=O) groups is 1. The molecule has 116 valence electrons. The summed E-state index contributed by atoms with van der Waals surface area (Å²) < 4.78 is 16.5. The van der Waals surface area contributed by atoms with E-state index >= 15 is 0 Å². The maximum absolute atomic E-state index is 12.0. The molecule has 1 aromatic heterocycles. The van der Waals surface area contributed by atoms with Gasteiger partial charge in [-0.2, -0.15) is 0 Å². The van der Waals surface area contributed by atoms with Crippen molar-refractivity contribution in [3.63, 3.8) is 0 Å². The summed E-state index contributed by atoms with van der Waals surface area (Å²) in [5.74, 6) is 0.951. The molecule has 0 aliphatic carbocycles. The zero-order valence-corrected chi connectivity index (χ0v) is 12.5. The van der Waals surface area contributed by atoms with Crippen LogP contribution in [-0.2, 0) is 4.74 Å². The lowest BCUT2D eigenvalue weighted by Crippen LogP contribution is -2.31. The molecule has 1 aliphatic heterocycles. The van der Waals surface area contributed by atoms with E-state index in [4.69, 9.17) is 13.9 Å². The Labute approximate surface area is 129 Å². The fourth-order valence-corrected chi connectivity index (χ4v) is 2.32. The van der Waals surface area contributed by atoms with Crippen molar-refractivity contribution in [2.24, 2.45) is 0 Å². The number of hydrogen-bond donors (Lipinski definition) is 1. The molecule has 0 spiro atoms. The SMILES string of the molecule is Cc1ccc(Oc2ccc(C(=O)NC[C@H]3CCCO3)o2)cc1. The minimum Gasteiger partial charge on any atom is -0.426 e. The summed E-state index contributed by atoms with van der Waals surface area (Å²) in [5.41, 5.74) is 1.15. The molecule has 0 saturated carbocycles. The molecule has 1 aliphatic rings. The lowest BCUT2D eigenvalue weighted by molar-refractivity contribution is 0.0831. The Hall–Kier alpha value is -2.27. The summed E-state index contributed by atoms with van der Waals surface area (Å²) >= 11 is 0. The zero-order chi connectivity index (χ0) is 15.4. The van der Waals surface area contributed by atoms with Crippen LogP contribution in [0.25, 0.3) is 0 Å². The van der Waals surface area contributed by atoms with Gasteiger partial charge in [-0.1, -0.05) is 17.7 Å². The van der Waals surface area contributed by atoms with Gasteiger partial charge in [0, 0.05) is 19.2 Å². The Bertz CT molecular complexity index is 626. The van der Waals surface area contributed by atoms with Gasteiger partial charge >= 0.3 is 0 Å². The molecule has 2 aromatic rings. The predicted molar refractivity (Wildman–Crippen MR) is 81.3 cm³/mol. The fourth-order valence-electron chi connectivity index (χ4n) is 2.32. The molecular weight excluding hydrogens is 282 g/mol. The van der Waals surface area contributed by atoms with Gasteiger partial charge in [0.05, 0.1) is 6.10 Å². The van der Waals surface area contributed by atoms with Gasteiger partial charge in [-0.15, -0.1) is 0 Å². The van der Waals surface area contributed by atoms with Gasteiger partial charge < -0.3 is 19.2 Å². The molecule has 3 rings (SSSR count). The second kappa shape index (κ2) is 6.66. The van der Waals surface area contributed by atoms with E-state index < -0.39 is 0 Å². The van der Waals surface area contributed by atoms with Gasteiger partial charge in [0.25, 0.3) is 11.9 Å². The number of furan rings is 1. The largest absolute Gasteiger partial charge is 0.426 e. The monoisotopic (exact) mass is 301 g/mol. The molecule has 0 bridgehead atoms. The Morgan fingerprint density at radius 3 is 2.82 bits per heavy atom. The smallest absolute Gasteiger partial charge is 0.290 e. The minimum atomic E-state index is -0.255. The standard InChI is InChI=1S/C17H19NO4/c1-12-4-6-13(7-5-12)21-16-9-8-15(22-16)17(19)18-11-14-3-2-10-20-14/h4-9,14H,2-3,10-11H2,1H3,(H,18,19)/t14-/m1/s1. The van der Waals surface area contributed by atoms with E-state index in [1.54, 1.807) is 12.1 Å². The highest BCUT2D eigenvalue weighted by molar-refractivity contribution is 5.91. The molecule has 0 unspecified atom stereocenters. The van der Waals surface area contributed by atoms with Gasteiger partial charge in [-0.25, -0.2) is 0 Å². The topological polar surface area (TPSA) is 60.7 Å². The maximum Gasteiger partial charge on any atom is 0.290 e. The van der Waals surface area contributed by atoms with E-state index in [0.29, 0.717) is 18.2 Å². The van der Waals surface area contributed by atoms with Gasteiger partial charge in [0.1, 0.15) is 5.75 Å². The third-order valence-electron chi connectivity index (χ3n) is 3.56. The average Bonchev–Trinajstić information content (AvgIpc) is 3.19. The number of aryl methyl sites for hydroxylation is 1. The number of ether oxygens (including phenoxy) is 2. The van der Waals surface area contributed by atoms with Crippen molar-refractivity contribution < 1.29 is 18.7 Å². The number of benzene rings is 1. The summed E-state index contributed by atoms with van der Waals surface area (Å²) in [7, 11) is 0. The third kappa shape index (κ3) is 3.68. The van der Waals surface area contributed by atoms with Gasteiger partial charge in [-0.3, -0.25) is 4.79 Å². The van der Waals surface area contributed by atoms with Gasteiger partial charge in [-0.05, 0) is 38.0 Å². The number of carbonyl (C=O) groups excluding carboxylic acids is 1. The van der Waals surface area contributed by atoms with Crippen LogP contribution >= 0.6 is 0 Å². The Morgan fingerprint density at radius 2 is 2.09 bits per heavy atom. The number of nitrogens with one attached hydrogen (secondary N) is 1. The first-order valence-corrected chi connectivity index (χ1v) is 7.45. The first kappa shape index (κ1) is 14.7. The van der Waals surface area contributed by atoms with Crippen molar-refractivity contribution in [3.05, 3.63) is 47.7 Å². The van der Waals surface area contributed by atoms with Gasteiger partial charge in [0.15, 0.2) is 5.76 Å². The first-order valence-electron chi connectivity index (χ1n) is 7.45. The summed E-state index contributed by atoms with van der Waals surface area (Å²) in [5, 5.41) is 2.81. The summed E-state index contributed by atoms with van der Waals surface area (Å²) in [6, 6.07) is 10.9. The summed E-state index contributed by atoms with van der Waals surface area (Å²) in [6.07, 6.45) is 2.15. The number of rotatable bonds is 5. The maximum atomic E-state index is 12.0. The lowest BCUT2D eigenvalue weighted by atomic mass is 10.2. The second-order valence-electron chi connectivity index (χ2n) is 5.38. The van der Waals surface area contributed by atoms with Gasteiger partial charge in [0.2, 0.25) is 0 Å². The van der Waals surface area contributed by atoms with Crippen LogP contribution in [0.4, 0.5) is 0 Å². The van der Waals surface area contributed by atoms with Crippen LogP contribution in [0.5, 0.6) is 11.7 Å². The Balaban J connectivity index is 1.55. The van der Waals surface area contributed by atoms with E-state index in [1.165, 1.54) is 0 Å². The highest BCUT2D eigenvalue weighted by Crippen LogP contribution is 2.24. The lowest BCUT2D eigenvalue weighted by Gasteiger charge is -2.09. The predicted octanol–water partition coefficient (Wildman–Crippen LogP) is 3.29. The van der Waals surface area contributed by atoms with Crippen molar-refractivity contribution in [2.45, 2.75) is 25.9 Å². The van der Waals surface area contributed by atoms with Crippen LogP contribution in [0.3, 0.4) is 0 Å². The van der Waals surface area contributed by atoms with E-state index in [1.807, 2.05) is 31.2 Å². The molecule has 1 saturated heterocycles. The Morgan fingerprint density at radius 1 is 1.27 bits per heavy atom. The molecule has 1 N–H and O–H groups in total. The molecule has 1 amide bonds. The molecule has 0 radical (unpaired) electrons. The van der Waals surface area contributed by atoms with E-state index in [-0.39, 0.29) is 17.8 Å². The molecule has 1 fully saturated rings. The van der Waals surface area contributed by atoms with Crippen LogP contribution in [0.2, 0.25) is 0 Å². The Kier molecular flexibility index (Phi) is 4.44. The number of hydrogen-bond acceptors (Lipinski definition) is 4. The quantitative estimate of drug-likeness (QED) is 0.920. The molecule has 1 aromatic carbocycles. The first-order chi connectivity index (χ1) is 10.7. The van der Waals surface area contributed by atoms with Crippen LogP contribution < -0.4 is 10.1 Å². The van der Waals surface area contributed by atoms with E-state index in [2.05, 4.69) is 5.32 Å².